The predicted molar refractivity (Wildman–Crippen MR) is 75.5 cm³/mol. The van der Waals surface area contributed by atoms with Crippen LogP contribution in [0.5, 0.6) is 0 Å². The Balaban J connectivity index is 2.07. The molecule has 0 saturated heterocycles. The first-order valence-electron chi connectivity index (χ1n) is 5.78. The summed E-state index contributed by atoms with van der Waals surface area (Å²) in [6, 6.07) is 4.60. The second-order valence-corrected chi connectivity index (χ2v) is 5.87. The highest BCUT2D eigenvalue weighted by atomic mass is 79.9. The van der Waals surface area contributed by atoms with E-state index in [9.17, 15) is 0 Å². The van der Waals surface area contributed by atoms with Crippen molar-refractivity contribution in [2.75, 3.05) is 6.54 Å². The van der Waals surface area contributed by atoms with Gasteiger partial charge in [-0.3, -0.25) is 0 Å². The van der Waals surface area contributed by atoms with Gasteiger partial charge in [0.05, 0.1) is 12.5 Å². The number of halogens is 1. The van der Waals surface area contributed by atoms with Gasteiger partial charge in [-0.1, -0.05) is 6.92 Å². The minimum Gasteiger partial charge on any atom is -0.472 e. The maximum atomic E-state index is 5.13. The van der Waals surface area contributed by atoms with Gasteiger partial charge in [-0.2, -0.15) is 0 Å². The average molecular weight is 314 g/mol. The van der Waals surface area contributed by atoms with E-state index in [1.54, 1.807) is 17.6 Å². The van der Waals surface area contributed by atoms with Crippen molar-refractivity contribution >= 4 is 27.3 Å². The lowest BCUT2D eigenvalue weighted by Crippen LogP contribution is -2.23. The Morgan fingerprint density at radius 1 is 1.53 bits per heavy atom. The van der Waals surface area contributed by atoms with Crippen molar-refractivity contribution in [2.24, 2.45) is 0 Å². The maximum Gasteiger partial charge on any atom is 0.0935 e. The van der Waals surface area contributed by atoms with Crippen molar-refractivity contribution in [3.8, 4) is 0 Å². The van der Waals surface area contributed by atoms with Gasteiger partial charge in [-0.25, -0.2) is 0 Å². The second-order valence-electron chi connectivity index (χ2n) is 4.01. The number of rotatable bonds is 6. The van der Waals surface area contributed by atoms with Gasteiger partial charge in [0, 0.05) is 20.8 Å². The fraction of sp³-hybridized carbons (Fsp3) is 0.385. The van der Waals surface area contributed by atoms with E-state index in [1.807, 2.05) is 12.3 Å². The molecule has 0 aliphatic carbocycles. The number of hydrogen-bond donors (Lipinski definition) is 1. The molecule has 92 valence electrons. The van der Waals surface area contributed by atoms with E-state index >= 15 is 0 Å². The number of thiophene rings is 1. The SMILES string of the molecule is CCCNC(Cc1ccoc1)c1cc(Br)cs1. The summed E-state index contributed by atoms with van der Waals surface area (Å²) in [6.07, 6.45) is 5.68. The van der Waals surface area contributed by atoms with E-state index in [4.69, 9.17) is 4.42 Å². The lowest BCUT2D eigenvalue weighted by atomic mass is 10.1. The standard InChI is InChI=1S/C13H16BrNOS/c1-2-4-15-12(6-10-3-5-16-8-10)13-7-11(14)9-17-13/h3,5,7-9,12,15H,2,4,6H2,1H3. The van der Waals surface area contributed by atoms with Crippen LogP contribution in [0.2, 0.25) is 0 Å². The minimum absolute atomic E-state index is 0.379. The molecule has 0 spiro atoms. The van der Waals surface area contributed by atoms with Crippen LogP contribution in [0.1, 0.15) is 29.8 Å². The van der Waals surface area contributed by atoms with Crippen molar-refractivity contribution < 1.29 is 4.42 Å². The third-order valence-corrected chi connectivity index (χ3v) is 4.40. The van der Waals surface area contributed by atoms with Crippen LogP contribution in [0.3, 0.4) is 0 Å². The smallest absolute Gasteiger partial charge is 0.0935 e. The molecule has 0 fully saturated rings. The lowest BCUT2D eigenvalue weighted by Gasteiger charge is -2.16. The predicted octanol–water partition coefficient (Wildman–Crippen LogP) is 4.39. The van der Waals surface area contributed by atoms with E-state index in [-0.39, 0.29) is 0 Å². The molecule has 4 heteroatoms. The van der Waals surface area contributed by atoms with Crippen molar-refractivity contribution in [3.05, 3.63) is 45.0 Å². The third kappa shape index (κ3) is 3.69. The van der Waals surface area contributed by atoms with Crippen LogP contribution in [0.15, 0.2) is 38.9 Å². The third-order valence-electron chi connectivity index (χ3n) is 2.59. The summed E-state index contributed by atoms with van der Waals surface area (Å²) < 4.78 is 6.29. The van der Waals surface area contributed by atoms with E-state index in [2.05, 4.69) is 39.6 Å². The molecule has 0 aliphatic heterocycles. The molecule has 2 nitrogen and oxygen atoms in total. The Labute approximate surface area is 114 Å². The van der Waals surface area contributed by atoms with Crippen LogP contribution >= 0.6 is 27.3 Å². The van der Waals surface area contributed by atoms with Crippen molar-refractivity contribution in [3.63, 3.8) is 0 Å². The van der Waals surface area contributed by atoms with Crippen LogP contribution in [-0.2, 0) is 6.42 Å². The molecular weight excluding hydrogens is 298 g/mol. The van der Waals surface area contributed by atoms with Gasteiger partial charge in [0.15, 0.2) is 0 Å². The van der Waals surface area contributed by atoms with Crippen molar-refractivity contribution in [1.82, 2.24) is 5.32 Å². The van der Waals surface area contributed by atoms with E-state index in [0.29, 0.717) is 6.04 Å². The molecule has 2 aromatic rings. The summed E-state index contributed by atoms with van der Waals surface area (Å²) in [6.45, 7) is 3.23. The summed E-state index contributed by atoms with van der Waals surface area (Å²) in [5, 5.41) is 5.72. The molecule has 0 radical (unpaired) electrons. The van der Waals surface area contributed by atoms with Crippen LogP contribution in [0.25, 0.3) is 0 Å². The van der Waals surface area contributed by atoms with Crippen LogP contribution < -0.4 is 5.32 Å². The Kier molecular flexibility index (Phi) is 4.83. The van der Waals surface area contributed by atoms with E-state index in [1.165, 1.54) is 10.4 Å². The van der Waals surface area contributed by atoms with Crippen molar-refractivity contribution in [2.45, 2.75) is 25.8 Å². The van der Waals surface area contributed by atoms with Crippen molar-refractivity contribution in [1.29, 1.82) is 0 Å². The zero-order chi connectivity index (χ0) is 12.1. The Hall–Kier alpha value is -0.580. The van der Waals surface area contributed by atoms with Gasteiger partial charge in [0.2, 0.25) is 0 Å². The summed E-state index contributed by atoms with van der Waals surface area (Å²) in [5.74, 6) is 0. The molecule has 0 amide bonds. The highest BCUT2D eigenvalue weighted by Crippen LogP contribution is 2.28. The molecule has 2 aromatic heterocycles. The molecule has 2 rings (SSSR count). The molecule has 0 saturated carbocycles. The first-order valence-corrected chi connectivity index (χ1v) is 7.45. The van der Waals surface area contributed by atoms with Gasteiger partial charge < -0.3 is 9.73 Å². The van der Waals surface area contributed by atoms with Gasteiger partial charge in [0.25, 0.3) is 0 Å². The Morgan fingerprint density at radius 3 is 3.00 bits per heavy atom. The highest BCUT2D eigenvalue weighted by Gasteiger charge is 2.14. The van der Waals surface area contributed by atoms with Gasteiger partial charge >= 0.3 is 0 Å². The second kappa shape index (κ2) is 6.38. The first kappa shape index (κ1) is 12.9. The fourth-order valence-corrected chi connectivity index (χ4v) is 3.27. The lowest BCUT2D eigenvalue weighted by molar-refractivity contribution is 0.526. The molecule has 0 bridgehead atoms. The molecule has 17 heavy (non-hydrogen) atoms. The van der Waals surface area contributed by atoms with Crippen LogP contribution in [0.4, 0.5) is 0 Å². The number of hydrogen-bond acceptors (Lipinski definition) is 3. The average Bonchev–Trinajstić information content (AvgIpc) is 2.95. The summed E-state index contributed by atoms with van der Waals surface area (Å²) in [7, 11) is 0. The molecule has 2 heterocycles. The molecule has 1 atom stereocenters. The Bertz CT molecular complexity index is 438. The summed E-state index contributed by atoms with van der Waals surface area (Å²) in [4.78, 5) is 1.37. The topological polar surface area (TPSA) is 25.2 Å². The molecule has 0 aromatic carbocycles. The monoisotopic (exact) mass is 313 g/mol. The molecular formula is C13H16BrNOS. The summed E-state index contributed by atoms with van der Waals surface area (Å²) >= 11 is 5.30. The zero-order valence-electron chi connectivity index (χ0n) is 9.78. The number of furan rings is 1. The van der Waals surface area contributed by atoms with E-state index < -0.39 is 0 Å². The summed E-state index contributed by atoms with van der Waals surface area (Å²) in [5.41, 5.74) is 1.24. The number of nitrogens with one attached hydrogen (secondary N) is 1. The van der Waals surface area contributed by atoms with Crippen LogP contribution in [-0.4, -0.2) is 6.54 Å². The van der Waals surface area contributed by atoms with Gasteiger partial charge in [-0.05, 0) is 53.0 Å². The highest BCUT2D eigenvalue weighted by molar-refractivity contribution is 9.10. The van der Waals surface area contributed by atoms with Crippen LogP contribution in [0, 0.1) is 0 Å². The zero-order valence-corrected chi connectivity index (χ0v) is 12.2. The minimum atomic E-state index is 0.379. The largest absolute Gasteiger partial charge is 0.472 e. The first-order chi connectivity index (χ1) is 8.29. The normalized spacial score (nSPS) is 12.8. The van der Waals surface area contributed by atoms with E-state index in [0.717, 1.165) is 23.9 Å². The van der Waals surface area contributed by atoms with Gasteiger partial charge in [-0.15, -0.1) is 11.3 Å². The maximum absolute atomic E-state index is 5.13. The molecule has 1 N–H and O–H groups in total. The molecule has 1 unspecified atom stereocenters. The fourth-order valence-electron chi connectivity index (χ4n) is 1.75. The quantitative estimate of drug-likeness (QED) is 0.855. The molecule has 0 aliphatic rings. The Morgan fingerprint density at radius 2 is 2.41 bits per heavy atom. The van der Waals surface area contributed by atoms with Gasteiger partial charge in [0.1, 0.15) is 0 Å².